The average Bonchev–Trinajstić information content (AvgIpc) is 2.68. The SMILES string of the molecule is O=C1CCN(C(=O)Cc2ccc(Br)cc2)C1. The summed E-state index contributed by atoms with van der Waals surface area (Å²) in [6.45, 7) is 0.865. The molecule has 1 aliphatic heterocycles. The monoisotopic (exact) mass is 281 g/mol. The van der Waals surface area contributed by atoms with Crippen LogP contribution in [0.2, 0.25) is 0 Å². The van der Waals surface area contributed by atoms with E-state index >= 15 is 0 Å². The summed E-state index contributed by atoms with van der Waals surface area (Å²) in [5.41, 5.74) is 0.979. The molecule has 0 aromatic heterocycles. The van der Waals surface area contributed by atoms with Crippen LogP contribution in [0.4, 0.5) is 0 Å². The van der Waals surface area contributed by atoms with Gasteiger partial charge in [0.2, 0.25) is 5.91 Å². The zero-order valence-corrected chi connectivity index (χ0v) is 10.4. The van der Waals surface area contributed by atoms with Crippen LogP contribution in [0.25, 0.3) is 0 Å². The number of carbonyl (C=O) groups excluding carboxylic acids is 2. The number of halogens is 1. The number of hydrogen-bond acceptors (Lipinski definition) is 2. The third-order valence-electron chi connectivity index (χ3n) is 2.65. The van der Waals surface area contributed by atoms with Gasteiger partial charge in [-0.3, -0.25) is 9.59 Å². The molecule has 2 rings (SSSR count). The zero-order valence-electron chi connectivity index (χ0n) is 8.78. The van der Waals surface area contributed by atoms with Crippen molar-refractivity contribution in [3.05, 3.63) is 34.3 Å². The second kappa shape index (κ2) is 4.78. The molecule has 0 unspecified atom stereocenters. The molecule has 1 fully saturated rings. The molecule has 0 saturated carbocycles. The van der Waals surface area contributed by atoms with Crippen LogP contribution in [0.15, 0.2) is 28.7 Å². The second-order valence-electron chi connectivity index (χ2n) is 3.91. The number of amides is 1. The number of hydrogen-bond donors (Lipinski definition) is 0. The standard InChI is InChI=1S/C12H12BrNO2/c13-10-3-1-9(2-4-10)7-12(16)14-6-5-11(15)8-14/h1-4H,5-8H2. The van der Waals surface area contributed by atoms with Crippen molar-refractivity contribution in [1.29, 1.82) is 0 Å². The molecule has 0 N–H and O–H groups in total. The predicted octanol–water partition coefficient (Wildman–Crippen LogP) is 1.79. The quantitative estimate of drug-likeness (QED) is 0.829. The smallest absolute Gasteiger partial charge is 0.227 e. The summed E-state index contributed by atoms with van der Waals surface area (Å²) in [5, 5.41) is 0. The Morgan fingerprint density at radius 3 is 2.56 bits per heavy atom. The van der Waals surface area contributed by atoms with E-state index < -0.39 is 0 Å². The van der Waals surface area contributed by atoms with E-state index in [4.69, 9.17) is 0 Å². The summed E-state index contributed by atoms with van der Waals surface area (Å²) in [7, 11) is 0. The molecule has 0 radical (unpaired) electrons. The molecule has 1 aromatic rings. The average molecular weight is 282 g/mol. The second-order valence-corrected chi connectivity index (χ2v) is 4.82. The lowest BCUT2D eigenvalue weighted by molar-refractivity contribution is -0.131. The van der Waals surface area contributed by atoms with E-state index in [1.165, 1.54) is 0 Å². The van der Waals surface area contributed by atoms with Crippen LogP contribution >= 0.6 is 15.9 Å². The number of rotatable bonds is 2. The minimum atomic E-state index is 0.0353. The van der Waals surface area contributed by atoms with Crippen LogP contribution in [0, 0.1) is 0 Å². The van der Waals surface area contributed by atoms with Gasteiger partial charge in [0.05, 0.1) is 13.0 Å². The zero-order chi connectivity index (χ0) is 11.5. The largest absolute Gasteiger partial charge is 0.335 e. The Labute approximate surface area is 103 Å². The number of carbonyl (C=O) groups is 2. The molecule has 0 atom stereocenters. The van der Waals surface area contributed by atoms with Crippen LogP contribution < -0.4 is 0 Å². The first-order valence-corrected chi connectivity index (χ1v) is 5.98. The number of nitrogens with zero attached hydrogens (tertiary/aromatic N) is 1. The van der Waals surface area contributed by atoms with Gasteiger partial charge in [-0.1, -0.05) is 28.1 Å². The fraction of sp³-hybridized carbons (Fsp3) is 0.333. The van der Waals surface area contributed by atoms with Gasteiger partial charge in [0.25, 0.3) is 0 Å². The fourth-order valence-corrected chi connectivity index (χ4v) is 2.00. The van der Waals surface area contributed by atoms with Gasteiger partial charge in [0.15, 0.2) is 5.78 Å². The maximum Gasteiger partial charge on any atom is 0.227 e. The summed E-state index contributed by atoms with van der Waals surface area (Å²) in [6, 6.07) is 7.66. The maximum atomic E-state index is 11.8. The van der Waals surface area contributed by atoms with Crippen molar-refractivity contribution >= 4 is 27.6 Å². The van der Waals surface area contributed by atoms with Crippen molar-refractivity contribution in [3.63, 3.8) is 0 Å². The summed E-state index contributed by atoms with van der Waals surface area (Å²) in [6.07, 6.45) is 0.882. The van der Waals surface area contributed by atoms with E-state index in [9.17, 15) is 9.59 Å². The number of benzene rings is 1. The molecule has 16 heavy (non-hydrogen) atoms. The van der Waals surface area contributed by atoms with Gasteiger partial charge >= 0.3 is 0 Å². The lowest BCUT2D eigenvalue weighted by Crippen LogP contribution is -2.30. The molecule has 3 nitrogen and oxygen atoms in total. The Hall–Kier alpha value is -1.16. The molecule has 4 heteroatoms. The van der Waals surface area contributed by atoms with Crippen LogP contribution in [-0.2, 0) is 16.0 Å². The summed E-state index contributed by atoms with van der Waals surface area (Å²) < 4.78 is 1.00. The summed E-state index contributed by atoms with van der Waals surface area (Å²) in [4.78, 5) is 24.5. The lowest BCUT2D eigenvalue weighted by Gasteiger charge is -2.13. The van der Waals surface area contributed by atoms with Crippen molar-refractivity contribution in [3.8, 4) is 0 Å². The van der Waals surface area contributed by atoms with Crippen LogP contribution in [0.5, 0.6) is 0 Å². The van der Waals surface area contributed by atoms with Gasteiger partial charge in [0.1, 0.15) is 0 Å². The Kier molecular flexibility index (Phi) is 3.39. The van der Waals surface area contributed by atoms with E-state index in [2.05, 4.69) is 15.9 Å². The normalized spacial score (nSPS) is 15.6. The van der Waals surface area contributed by atoms with Gasteiger partial charge in [-0.15, -0.1) is 0 Å². The molecule has 1 aliphatic rings. The first-order valence-electron chi connectivity index (χ1n) is 5.19. The minimum Gasteiger partial charge on any atom is -0.335 e. The number of Topliss-reactive ketones (excluding diaryl/α,β-unsaturated/α-hetero) is 1. The Balaban J connectivity index is 1.97. The molecule has 0 aliphatic carbocycles. The molecule has 84 valence electrons. The lowest BCUT2D eigenvalue weighted by atomic mass is 10.1. The first kappa shape index (κ1) is 11.3. The van der Waals surface area contributed by atoms with Gasteiger partial charge in [-0.2, -0.15) is 0 Å². The number of ketones is 1. The predicted molar refractivity (Wildman–Crippen MR) is 64.1 cm³/mol. The Bertz CT molecular complexity index is 414. The molecular weight excluding hydrogens is 270 g/mol. The van der Waals surface area contributed by atoms with Gasteiger partial charge in [0, 0.05) is 17.4 Å². The van der Waals surface area contributed by atoms with Crippen molar-refractivity contribution in [2.24, 2.45) is 0 Å². The van der Waals surface area contributed by atoms with Crippen molar-refractivity contribution < 1.29 is 9.59 Å². The van der Waals surface area contributed by atoms with Crippen molar-refractivity contribution in [2.75, 3.05) is 13.1 Å². The van der Waals surface area contributed by atoms with Gasteiger partial charge in [-0.05, 0) is 17.7 Å². The van der Waals surface area contributed by atoms with E-state index in [1.807, 2.05) is 24.3 Å². The topological polar surface area (TPSA) is 37.4 Å². The van der Waals surface area contributed by atoms with Crippen molar-refractivity contribution in [2.45, 2.75) is 12.8 Å². The first-order chi connectivity index (χ1) is 7.65. The van der Waals surface area contributed by atoms with E-state index in [1.54, 1.807) is 4.90 Å². The fourth-order valence-electron chi connectivity index (χ4n) is 1.73. The molecular formula is C12H12BrNO2. The van der Waals surface area contributed by atoms with Crippen LogP contribution in [0.3, 0.4) is 0 Å². The highest BCUT2D eigenvalue weighted by Crippen LogP contribution is 2.13. The molecule has 1 saturated heterocycles. The van der Waals surface area contributed by atoms with E-state index in [0.717, 1.165) is 10.0 Å². The van der Waals surface area contributed by atoms with Gasteiger partial charge < -0.3 is 4.90 Å². The summed E-state index contributed by atoms with van der Waals surface area (Å²) in [5.74, 6) is 0.192. The van der Waals surface area contributed by atoms with Crippen LogP contribution in [0.1, 0.15) is 12.0 Å². The highest BCUT2D eigenvalue weighted by atomic mass is 79.9. The maximum absolute atomic E-state index is 11.8. The molecule has 0 spiro atoms. The molecule has 1 heterocycles. The van der Waals surface area contributed by atoms with Crippen molar-refractivity contribution in [1.82, 2.24) is 4.90 Å². The molecule has 0 bridgehead atoms. The summed E-state index contributed by atoms with van der Waals surface area (Å²) >= 11 is 3.35. The van der Waals surface area contributed by atoms with E-state index in [0.29, 0.717) is 19.4 Å². The highest BCUT2D eigenvalue weighted by molar-refractivity contribution is 9.10. The molecule has 1 aromatic carbocycles. The number of likely N-dealkylation sites (tertiary alicyclic amines) is 1. The van der Waals surface area contributed by atoms with Crippen LogP contribution in [-0.4, -0.2) is 29.7 Å². The third-order valence-corrected chi connectivity index (χ3v) is 3.18. The molecule has 1 amide bonds. The van der Waals surface area contributed by atoms with Gasteiger partial charge in [-0.25, -0.2) is 0 Å². The third kappa shape index (κ3) is 2.70. The highest BCUT2D eigenvalue weighted by Gasteiger charge is 2.23. The Morgan fingerprint density at radius 2 is 2.00 bits per heavy atom. The minimum absolute atomic E-state index is 0.0353. The Morgan fingerprint density at radius 1 is 1.31 bits per heavy atom. The van der Waals surface area contributed by atoms with E-state index in [-0.39, 0.29) is 18.2 Å².